The molecule has 2 aromatic heterocycles. The quantitative estimate of drug-likeness (QED) is 0.366. The van der Waals surface area contributed by atoms with Gasteiger partial charge in [0.05, 0.1) is 19.3 Å². The summed E-state index contributed by atoms with van der Waals surface area (Å²) in [5, 5.41) is 5.46. The standard InChI is InChI=1S/C26H21N3O4/c1-3-32-19-13-11-18(12-14-19)29-16-23(21-9-4-5-10-22(21)26(29)30)25-27-24(28-33-25)17-7-6-8-20(15-17)31-2/h4-16H,3H2,1-2H3. The molecule has 0 aliphatic carbocycles. The number of hydrogen-bond acceptors (Lipinski definition) is 6. The van der Waals surface area contributed by atoms with Crippen LogP contribution in [0.15, 0.2) is 88.3 Å². The number of fused-ring (bicyclic) bond motifs is 1. The molecule has 0 fully saturated rings. The third-order valence-electron chi connectivity index (χ3n) is 5.33. The third kappa shape index (κ3) is 3.85. The topological polar surface area (TPSA) is 79.4 Å². The molecule has 2 heterocycles. The molecular formula is C26H21N3O4. The molecule has 7 heteroatoms. The van der Waals surface area contributed by atoms with Crippen LogP contribution in [0.5, 0.6) is 11.5 Å². The van der Waals surface area contributed by atoms with E-state index in [2.05, 4.69) is 10.1 Å². The Bertz CT molecular complexity index is 1490. The van der Waals surface area contributed by atoms with Crippen LogP contribution < -0.4 is 15.0 Å². The molecule has 0 aliphatic heterocycles. The van der Waals surface area contributed by atoms with E-state index in [-0.39, 0.29) is 5.56 Å². The Morgan fingerprint density at radius 1 is 0.939 bits per heavy atom. The maximum Gasteiger partial charge on any atom is 0.262 e. The number of hydrogen-bond donors (Lipinski definition) is 0. The average molecular weight is 439 g/mol. The summed E-state index contributed by atoms with van der Waals surface area (Å²) < 4.78 is 18.0. The van der Waals surface area contributed by atoms with Gasteiger partial charge in [0.25, 0.3) is 11.4 Å². The Hall–Kier alpha value is -4.39. The summed E-state index contributed by atoms with van der Waals surface area (Å²) in [4.78, 5) is 17.9. The molecule has 0 saturated carbocycles. The Morgan fingerprint density at radius 3 is 2.48 bits per heavy atom. The van der Waals surface area contributed by atoms with E-state index in [1.54, 1.807) is 23.9 Å². The van der Waals surface area contributed by atoms with Gasteiger partial charge in [-0.25, -0.2) is 0 Å². The number of methoxy groups -OCH3 is 1. The first-order chi connectivity index (χ1) is 16.2. The van der Waals surface area contributed by atoms with Crippen LogP contribution in [0.25, 0.3) is 39.3 Å². The molecule has 0 bridgehead atoms. The molecule has 0 N–H and O–H groups in total. The van der Waals surface area contributed by atoms with Crippen molar-refractivity contribution in [1.29, 1.82) is 0 Å². The number of nitrogens with zero attached hydrogens (tertiary/aromatic N) is 3. The van der Waals surface area contributed by atoms with Gasteiger partial charge >= 0.3 is 0 Å². The molecule has 0 spiro atoms. The highest BCUT2D eigenvalue weighted by atomic mass is 16.5. The van der Waals surface area contributed by atoms with Crippen molar-refractivity contribution in [2.75, 3.05) is 13.7 Å². The predicted octanol–water partition coefficient (Wildman–Crippen LogP) is 5.12. The molecule has 7 nitrogen and oxygen atoms in total. The Morgan fingerprint density at radius 2 is 1.73 bits per heavy atom. The Kier molecular flexibility index (Phi) is 5.36. The lowest BCUT2D eigenvalue weighted by Crippen LogP contribution is -2.18. The predicted molar refractivity (Wildman–Crippen MR) is 126 cm³/mol. The number of rotatable bonds is 6. The van der Waals surface area contributed by atoms with Crippen molar-refractivity contribution in [1.82, 2.24) is 14.7 Å². The van der Waals surface area contributed by atoms with Gasteiger partial charge < -0.3 is 14.0 Å². The van der Waals surface area contributed by atoms with Crippen molar-refractivity contribution in [2.45, 2.75) is 6.92 Å². The zero-order valence-electron chi connectivity index (χ0n) is 18.2. The molecule has 33 heavy (non-hydrogen) atoms. The highest BCUT2D eigenvalue weighted by molar-refractivity contribution is 5.94. The molecule has 3 aromatic carbocycles. The molecule has 0 amide bonds. The van der Waals surface area contributed by atoms with E-state index >= 15 is 0 Å². The lowest BCUT2D eigenvalue weighted by molar-refractivity contribution is 0.340. The zero-order chi connectivity index (χ0) is 22.8. The van der Waals surface area contributed by atoms with Gasteiger partial charge in [-0.1, -0.05) is 35.5 Å². The van der Waals surface area contributed by atoms with E-state index in [0.29, 0.717) is 40.7 Å². The zero-order valence-corrected chi connectivity index (χ0v) is 18.2. The molecule has 0 saturated heterocycles. The molecule has 0 unspecified atom stereocenters. The van der Waals surface area contributed by atoms with Crippen LogP contribution in [0.3, 0.4) is 0 Å². The van der Waals surface area contributed by atoms with Crippen LogP contribution in [0, 0.1) is 0 Å². The number of benzene rings is 3. The van der Waals surface area contributed by atoms with Gasteiger partial charge in [-0.05, 0) is 49.4 Å². The first-order valence-electron chi connectivity index (χ1n) is 10.5. The first-order valence-corrected chi connectivity index (χ1v) is 10.5. The minimum absolute atomic E-state index is 0.133. The third-order valence-corrected chi connectivity index (χ3v) is 5.33. The van der Waals surface area contributed by atoms with Crippen LogP contribution in [-0.2, 0) is 0 Å². The number of ether oxygens (including phenoxy) is 2. The van der Waals surface area contributed by atoms with E-state index in [9.17, 15) is 4.79 Å². The van der Waals surface area contributed by atoms with E-state index in [0.717, 1.165) is 16.7 Å². The number of aromatic nitrogens is 3. The second kappa shape index (κ2) is 8.63. The summed E-state index contributed by atoms with van der Waals surface area (Å²) in [5.74, 6) is 2.21. The summed E-state index contributed by atoms with van der Waals surface area (Å²) in [5.41, 5.74) is 2.02. The van der Waals surface area contributed by atoms with E-state index in [4.69, 9.17) is 14.0 Å². The van der Waals surface area contributed by atoms with Gasteiger partial charge in [0.1, 0.15) is 11.5 Å². The summed E-state index contributed by atoms with van der Waals surface area (Å²) in [6.07, 6.45) is 1.74. The Balaban J connectivity index is 1.65. The maximum absolute atomic E-state index is 13.3. The maximum atomic E-state index is 13.3. The minimum atomic E-state index is -0.133. The molecule has 0 atom stereocenters. The van der Waals surface area contributed by atoms with Gasteiger partial charge in [0, 0.05) is 28.2 Å². The van der Waals surface area contributed by atoms with Crippen LogP contribution in [0.4, 0.5) is 0 Å². The van der Waals surface area contributed by atoms with Crippen molar-refractivity contribution in [3.05, 3.63) is 89.3 Å². The summed E-state index contributed by atoms with van der Waals surface area (Å²) in [6, 6.07) is 22.2. The van der Waals surface area contributed by atoms with Gasteiger partial charge in [-0.15, -0.1) is 0 Å². The molecular weight excluding hydrogens is 418 g/mol. The van der Waals surface area contributed by atoms with Crippen LogP contribution in [0.2, 0.25) is 0 Å². The minimum Gasteiger partial charge on any atom is -0.497 e. The lowest BCUT2D eigenvalue weighted by atomic mass is 10.1. The molecule has 5 aromatic rings. The van der Waals surface area contributed by atoms with E-state index in [1.807, 2.05) is 73.7 Å². The van der Waals surface area contributed by atoms with Crippen molar-refractivity contribution >= 4 is 10.8 Å². The molecule has 0 radical (unpaired) electrons. The fraction of sp³-hybridized carbons (Fsp3) is 0.115. The van der Waals surface area contributed by atoms with Crippen LogP contribution in [0.1, 0.15) is 6.92 Å². The summed E-state index contributed by atoms with van der Waals surface area (Å²) in [6.45, 7) is 2.50. The fourth-order valence-electron chi connectivity index (χ4n) is 3.74. The van der Waals surface area contributed by atoms with Crippen molar-refractivity contribution < 1.29 is 14.0 Å². The Labute approximate surface area is 189 Å². The monoisotopic (exact) mass is 439 g/mol. The largest absolute Gasteiger partial charge is 0.497 e. The van der Waals surface area contributed by atoms with Crippen LogP contribution in [-0.4, -0.2) is 28.4 Å². The van der Waals surface area contributed by atoms with Crippen molar-refractivity contribution in [3.8, 4) is 40.0 Å². The SMILES string of the molecule is CCOc1ccc(-n2cc(-c3nc(-c4cccc(OC)c4)no3)c3ccccc3c2=O)cc1. The highest BCUT2D eigenvalue weighted by Crippen LogP contribution is 2.29. The second-order valence-electron chi connectivity index (χ2n) is 7.35. The normalized spacial score (nSPS) is 11.0. The number of pyridine rings is 1. The van der Waals surface area contributed by atoms with Crippen LogP contribution >= 0.6 is 0 Å². The second-order valence-corrected chi connectivity index (χ2v) is 7.35. The van der Waals surface area contributed by atoms with Gasteiger partial charge in [-0.3, -0.25) is 9.36 Å². The van der Waals surface area contributed by atoms with E-state index < -0.39 is 0 Å². The fourth-order valence-corrected chi connectivity index (χ4v) is 3.74. The summed E-state index contributed by atoms with van der Waals surface area (Å²) in [7, 11) is 1.61. The van der Waals surface area contributed by atoms with Crippen molar-refractivity contribution in [2.24, 2.45) is 0 Å². The average Bonchev–Trinajstić information content (AvgIpc) is 3.35. The summed E-state index contributed by atoms with van der Waals surface area (Å²) >= 11 is 0. The van der Waals surface area contributed by atoms with E-state index in [1.165, 1.54) is 0 Å². The molecule has 5 rings (SSSR count). The molecule has 0 aliphatic rings. The smallest absolute Gasteiger partial charge is 0.262 e. The first kappa shape index (κ1) is 20.5. The van der Waals surface area contributed by atoms with Gasteiger partial charge in [0.15, 0.2) is 0 Å². The highest BCUT2D eigenvalue weighted by Gasteiger charge is 2.17. The van der Waals surface area contributed by atoms with Gasteiger partial charge in [-0.2, -0.15) is 4.98 Å². The van der Waals surface area contributed by atoms with Gasteiger partial charge in [0.2, 0.25) is 5.82 Å². The van der Waals surface area contributed by atoms with Crippen molar-refractivity contribution in [3.63, 3.8) is 0 Å². The lowest BCUT2D eigenvalue weighted by Gasteiger charge is -2.11. The molecule has 164 valence electrons.